The van der Waals surface area contributed by atoms with Crippen molar-refractivity contribution in [2.45, 2.75) is 32.9 Å². The standard InChI is InChI=1S/C16H26N2O/c1-13-5-4-6-16(11-13)15(3)17-12-14(2)18-7-9-19-10-8-18/h4-6,11,14-15,17H,7-10,12H2,1-3H3. The predicted molar refractivity (Wildman–Crippen MR) is 79.5 cm³/mol. The van der Waals surface area contributed by atoms with Gasteiger partial charge in [0.1, 0.15) is 0 Å². The second-order valence-corrected chi connectivity index (χ2v) is 5.54. The Balaban J connectivity index is 1.80. The number of ether oxygens (including phenoxy) is 1. The van der Waals surface area contributed by atoms with Gasteiger partial charge in [-0.3, -0.25) is 4.90 Å². The molecule has 0 saturated carbocycles. The van der Waals surface area contributed by atoms with Crippen LogP contribution in [0.3, 0.4) is 0 Å². The zero-order valence-corrected chi connectivity index (χ0v) is 12.4. The van der Waals surface area contributed by atoms with Gasteiger partial charge in [-0.25, -0.2) is 0 Å². The first-order valence-electron chi connectivity index (χ1n) is 7.28. The summed E-state index contributed by atoms with van der Waals surface area (Å²) in [7, 11) is 0. The van der Waals surface area contributed by atoms with Gasteiger partial charge in [0.2, 0.25) is 0 Å². The van der Waals surface area contributed by atoms with Gasteiger partial charge in [0, 0.05) is 31.7 Å². The first-order chi connectivity index (χ1) is 9.16. The Hall–Kier alpha value is -0.900. The maximum Gasteiger partial charge on any atom is 0.0594 e. The van der Waals surface area contributed by atoms with Gasteiger partial charge in [0.25, 0.3) is 0 Å². The van der Waals surface area contributed by atoms with E-state index in [4.69, 9.17) is 4.74 Å². The molecule has 2 unspecified atom stereocenters. The Morgan fingerprint density at radius 3 is 2.68 bits per heavy atom. The molecule has 2 atom stereocenters. The molecule has 0 aliphatic carbocycles. The van der Waals surface area contributed by atoms with Crippen LogP contribution in [0.2, 0.25) is 0 Å². The van der Waals surface area contributed by atoms with Crippen molar-refractivity contribution in [3.05, 3.63) is 35.4 Å². The smallest absolute Gasteiger partial charge is 0.0594 e. The number of hydrogen-bond acceptors (Lipinski definition) is 3. The van der Waals surface area contributed by atoms with Crippen molar-refractivity contribution >= 4 is 0 Å². The minimum absolute atomic E-state index is 0.406. The van der Waals surface area contributed by atoms with Crippen LogP contribution in [0, 0.1) is 6.92 Å². The van der Waals surface area contributed by atoms with Crippen LogP contribution in [-0.4, -0.2) is 43.8 Å². The number of morpholine rings is 1. The fourth-order valence-electron chi connectivity index (χ4n) is 2.55. The topological polar surface area (TPSA) is 24.5 Å². The fraction of sp³-hybridized carbons (Fsp3) is 0.625. The largest absolute Gasteiger partial charge is 0.379 e. The van der Waals surface area contributed by atoms with E-state index in [0.717, 1.165) is 32.8 Å². The Bertz CT molecular complexity index is 388. The monoisotopic (exact) mass is 262 g/mol. The molecule has 1 aromatic rings. The second kappa shape index (κ2) is 7.04. The van der Waals surface area contributed by atoms with Crippen molar-refractivity contribution in [3.63, 3.8) is 0 Å². The van der Waals surface area contributed by atoms with E-state index in [2.05, 4.69) is 55.3 Å². The third kappa shape index (κ3) is 4.30. The van der Waals surface area contributed by atoms with E-state index in [0.29, 0.717) is 12.1 Å². The van der Waals surface area contributed by atoms with E-state index in [1.54, 1.807) is 0 Å². The zero-order chi connectivity index (χ0) is 13.7. The summed E-state index contributed by atoms with van der Waals surface area (Å²) in [5.41, 5.74) is 2.70. The van der Waals surface area contributed by atoms with E-state index < -0.39 is 0 Å². The van der Waals surface area contributed by atoms with Crippen molar-refractivity contribution in [2.75, 3.05) is 32.8 Å². The van der Waals surface area contributed by atoms with Crippen LogP contribution in [-0.2, 0) is 4.74 Å². The number of nitrogens with one attached hydrogen (secondary N) is 1. The minimum atomic E-state index is 0.406. The number of aryl methyl sites for hydroxylation is 1. The molecule has 1 aromatic carbocycles. The van der Waals surface area contributed by atoms with Gasteiger partial charge in [-0.1, -0.05) is 29.8 Å². The van der Waals surface area contributed by atoms with Crippen LogP contribution < -0.4 is 5.32 Å². The first-order valence-corrected chi connectivity index (χ1v) is 7.28. The highest BCUT2D eigenvalue weighted by atomic mass is 16.5. The van der Waals surface area contributed by atoms with Gasteiger partial charge >= 0.3 is 0 Å². The molecule has 0 aromatic heterocycles. The summed E-state index contributed by atoms with van der Waals surface area (Å²) in [6.45, 7) is 11.6. The highest BCUT2D eigenvalue weighted by Gasteiger charge is 2.17. The normalized spacial score (nSPS) is 20.2. The highest BCUT2D eigenvalue weighted by Crippen LogP contribution is 2.14. The van der Waals surface area contributed by atoms with E-state index in [1.807, 2.05) is 0 Å². The molecule has 0 radical (unpaired) electrons. The van der Waals surface area contributed by atoms with E-state index >= 15 is 0 Å². The molecule has 0 amide bonds. The SMILES string of the molecule is Cc1cccc(C(C)NCC(C)N2CCOCC2)c1. The van der Waals surface area contributed by atoms with Crippen molar-refractivity contribution < 1.29 is 4.74 Å². The summed E-state index contributed by atoms with van der Waals surface area (Å²) in [4.78, 5) is 2.50. The zero-order valence-electron chi connectivity index (χ0n) is 12.4. The molecule has 1 saturated heterocycles. The van der Waals surface area contributed by atoms with E-state index in [-0.39, 0.29) is 0 Å². The molecule has 1 fully saturated rings. The lowest BCUT2D eigenvalue weighted by Crippen LogP contribution is -2.46. The second-order valence-electron chi connectivity index (χ2n) is 5.54. The number of nitrogens with zero attached hydrogens (tertiary/aromatic N) is 1. The molecule has 3 heteroatoms. The van der Waals surface area contributed by atoms with Crippen molar-refractivity contribution in [3.8, 4) is 0 Å². The third-order valence-corrected chi connectivity index (χ3v) is 3.93. The van der Waals surface area contributed by atoms with Crippen LogP contribution in [0.5, 0.6) is 0 Å². The van der Waals surface area contributed by atoms with Gasteiger partial charge < -0.3 is 10.1 Å². The number of benzene rings is 1. The molecule has 1 aliphatic heterocycles. The average molecular weight is 262 g/mol. The Morgan fingerprint density at radius 1 is 1.26 bits per heavy atom. The van der Waals surface area contributed by atoms with Crippen LogP contribution >= 0.6 is 0 Å². The Morgan fingerprint density at radius 2 is 2.00 bits per heavy atom. The Kier molecular flexibility index (Phi) is 5.37. The van der Waals surface area contributed by atoms with Gasteiger partial charge in [-0.15, -0.1) is 0 Å². The summed E-state index contributed by atoms with van der Waals surface area (Å²) in [5.74, 6) is 0. The van der Waals surface area contributed by atoms with Crippen LogP contribution in [0.25, 0.3) is 0 Å². The summed E-state index contributed by atoms with van der Waals surface area (Å²) in [5, 5.41) is 3.64. The maximum atomic E-state index is 5.40. The average Bonchev–Trinajstić information content (AvgIpc) is 2.45. The lowest BCUT2D eigenvalue weighted by atomic mass is 10.1. The summed E-state index contributed by atoms with van der Waals surface area (Å²) in [6, 6.07) is 9.71. The molecule has 2 rings (SSSR count). The van der Waals surface area contributed by atoms with Gasteiger partial charge in [0.15, 0.2) is 0 Å². The van der Waals surface area contributed by atoms with Crippen LogP contribution in [0.1, 0.15) is 31.0 Å². The maximum absolute atomic E-state index is 5.40. The molecule has 1 heterocycles. The van der Waals surface area contributed by atoms with E-state index in [9.17, 15) is 0 Å². The molecule has 0 bridgehead atoms. The summed E-state index contributed by atoms with van der Waals surface area (Å²) < 4.78 is 5.40. The van der Waals surface area contributed by atoms with Gasteiger partial charge in [-0.2, -0.15) is 0 Å². The summed E-state index contributed by atoms with van der Waals surface area (Å²) in [6.07, 6.45) is 0. The predicted octanol–water partition coefficient (Wildman–Crippen LogP) is 2.37. The van der Waals surface area contributed by atoms with Crippen LogP contribution in [0.4, 0.5) is 0 Å². The minimum Gasteiger partial charge on any atom is -0.379 e. The third-order valence-electron chi connectivity index (χ3n) is 3.93. The lowest BCUT2D eigenvalue weighted by molar-refractivity contribution is 0.0200. The molecule has 19 heavy (non-hydrogen) atoms. The van der Waals surface area contributed by atoms with Crippen molar-refractivity contribution in [2.24, 2.45) is 0 Å². The first kappa shape index (κ1) is 14.5. The van der Waals surface area contributed by atoms with E-state index in [1.165, 1.54) is 11.1 Å². The molecule has 106 valence electrons. The molecule has 1 N–H and O–H groups in total. The molecule has 3 nitrogen and oxygen atoms in total. The van der Waals surface area contributed by atoms with Gasteiger partial charge in [0.05, 0.1) is 13.2 Å². The quantitative estimate of drug-likeness (QED) is 0.881. The van der Waals surface area contributed by atoms with Crippen LogP contribution in [0.15, 0.2) is 24.3 Å². The van der Waals surface area contributed by atoms with Crippen molar-refractivity contribution in [1.82, 2.24) is 10.2 Å². The Labute approximate surface area is 116 Å². The fourth-order valence-corrected chi connectivity index (χ4v) is 2.55. The number of hydrogen-bond donors (Lipinski definition) is 1. The van der Waals surface area contributed by atoms with Gasteiger partial charge in [-0.05, 0) is 26.3 Å². The lowest BCUT2D eigenvalue weighted by Gasteiger charge is -2.33. The number of rotatable bonds is 5. The molecular weight excluding hydrogens is 236 g/mol. The van der Waals surface area contributed by atoms with Crippen molar-refractivity contribution in [1.29, 1.82) is 0 Å². The molecule has 1 aliphatic rings. The molecule has 0 spiro atoms. The summed E-state index contributed by atoms with van der Waals surface area (Å²) >= 11 is 0. The molecular formula is C16H26N2O. The highest BCUT2D eigenvalue weighted by molar-refractivity contribution is 5.24.